The van der Waals surface area contributed by atoms with E-state index in [4.69, 9.17) is 16.3 Å². The molecule has 2 aromatic carbocycles. The summed E-state index contributed by atoms with van der Waals surface area (Å²) >= 11 is 6.35. The van der Waals surface area contributed by atoms with Crippen LogP contribution < -0.4 is 4.72 Å². The van der Waals surface area contributed by atoms with Gasteiger partial charge in [0.15, 0.2) is 0 Å². The van der Waals surface area contributed by atoms with Crippen LogP contribution in [0.2, 0.25) is 5.02 Å². The molecule has 0 radical (unpaired) electrons. The number of rotatable bonds is 1. The van der Waals surface area contributed by atoms with Gasteiger partial charge in [-0.05, 0) is 36.4 Å². The number of benzene rings is 2. The third-order valence-corrected chi connectivity index (χ3v) is 5.78. The second-order valence-electron chi connectivity index (χ2n) is 5.49. The van der Waals surface area contributed by atoms with Crippen molar-refractivity contribution in [2.24, 2.45) is 0 Å². The molecule has 0 saturated heterocycles. The van der Waals surface area contributed by atoms with Gasteiger partial charge in [0.25, 0.3) is 10.0 Å². The maximum atomic E-state index is 12.6. The van der Waals surface area contributed by atoms with E-state index in [0.29, 0.717) is 32.7 Å². The monoisotopic (exact) mass is 374 g/mol. The van der Waals surface area contributed by atoms with Gasteiger partial charge in [-0.15, -0.1) is 0 Å². The lowest BCUT2D eigenvalue weighted by atomic mass is 9.99. The normalized spacial score (nSPS) is 14.3. The Morgan fingerprint density at radius 3 is 2.76 bits per heavy atom. The number of nitrogens with zero attached hydrogens (tertiary/aromatic N) is 1. The van der Waals surface area contributed by atoms with Crippen LogP contribution in [0.4, 0.5) is 5.69 Å². The zero-order valence-electron chi connectivity index (χ0n) is 12.9. The molecule has 1 aliphatic rings. The van der Waals surface area contributed by atoms with Crippen LogP contribution in [-0.4, -0.2) is 26.5 Å². The van der Waals surface area contributed by atoms with Gasteiger partial charge in [-0.25, -0.2) is 13.2 Å². The van der Waals surface area contributed by atoms with E-state index in [1.165, 1.54) is 25.3 Å². The number of anilines is 1. The van der Waals surface area contributed by atoms with Gasteiger partial charge in [0.1, 0.15) is 0 Å². The average molecular weight is 375 g/mol. The Balaban J connectivity index is 2.11. The van der Waals surface area contributed by atoms with Crippen molar-refractivity contribution in [1.82, 2.24) is 4.98 Å². The first-order valence-corrected chi connectivity index (χ1v) is 9.11. The number of halogens is 1. The van der Waals surface area contributed by atoms with Crippen LogP contribution in [0.1, 0.15) is 10.4 Å². The van der Waals surface area contributed by atoms with Gasteiger partial charge in [-0.3, -0.25) is 9.71 Å². The number of hydrogen-bond acceptors (Lipinski definition) is 5. The van der Waals surface area contributed by atoms with Crippen LogP contribution in [0.25, 0.3) is 22.0 Å². The minimum absolute atomic E-state index is 0.0685. The van der Waals surface area contributed by atoms with E-state index < -0.39 is 16.0 Å². The Morgan fingerprint density at radius 2 is 2.00 bits per heavy atom. The number of carbonyl (C=O) groups excluding carboxylic acids is 1. The van der Waals surface area contributed by atoms with Crippen molar-refractivity contribution in [3.8, 4) is 11.1 Å². The number of nitrogens with one attached hydrogen (secondary N) is 1. The topological polar surface area (TPSA) is 85.4 Å². The summed E-state index contributed by atoms with van der Waals surface area (Å²) < 4.78 is 32.5. The zero-order chi connectivity index (χ0) is 17.8. The number of sulfonamides is 1. The molecule has 3 aromatic rings. The standard InChI is InChI=1S/C17H11ClN2O4S/c1-24-17(21)9-4-5-14-11(7-9)12-8-13(18)10-3-2-6-19-15(10)16(12)20-25(14,22)23/h2-8,20H,1H3. The van der Waals surface area contributed by atoms with Crippen molar-refractivity contribution in [1.29, 1.82) is 0 Å². The minimum Gasteiger partial charge on any atom is -0.465 e. The number of esters is 1. The minimum atomic E-state index is -3.79. The quantitative estimate of drug-likeness (QED) is 0.659. The first-order chi connectivity index (χ1) is 11.9. The van der Waals surface area contributed by atoms with E-state index in [1.807, 2.05) is 0 Å². The van der Waals surface area contributed by atoms with Crippen molar-refractivity contribution in [3.63, 3.8) is 0 Å². The Morgan fingerprint density at radius 1 is 1.20 bits per heavy atom. The van der Waals surface area contributed by atoms with Crippen molar-refractivity contribution in [2.75, 3.05) is 11.8 Å². The van der Waals surface area contributed by atoms with E-state index in [0.717, 1.165) is 0 Å². The van der Waals surface area contributed by atoms with Crippen LogP contribution in [-0.2, 0) is 14.8 Å². The molecule has 1 aliphatic heterocycles. The molecule has 0 saturated carbocycles. The highest BCUT2D eigenvalue weighted by Crippen LogP contribution is 2.44. The highest BCUT2D eigenvalue weighted by atomic mass is 35.5. The van der Waals surface area contributed by atoms with Gasteiger partial charge in [0.2, 0.25) is 0 Å². The first kappa shape index (κ1) is 15.9. The summed E-state index contributed by atoms with van der Waals surface area (Å²) in [5.74, 6) is -0.551. The third kappa shape index (κ3) is 2.35. The van der Waals surface area contributed by atoms with Crippen molar-refractivity contribution < 1.29 is 17.9 Å². The fourth-order valence-corrected chi connectivity index (χ4v) is 4.48. The summed E-state index contributed by atoms with van der Waals surface area (Å²) in [6.07, 6.45) is 1.56. The molecule has 1 N–H and O–H groups in total. The molecule has 126 valence electrons. The summed E-state index contributed by atoms with van der Waals surface area (Å²) in [6.45, 7) is 0. The van der Waals surface area contributed by atoms with Crippen LogP contribution in [0.15, 0.2) is 47.5 Å². The fourth-order valence-electron chi connectivity index (χ4n) is 2.93. The number of hydrogen-bond donors (Lipinski definition) is 1. The number of carbonyl (C=O) groups is 1. The molecule has 2 heterocycles. The molecule has 0 bridgehead atoms. The third-order valence-electron chi connectivity index (χ3n) is 4.06. The summed E-state index contributed by atoms with van der Waals surface area (Å²) in [4.78, 5) is 16.2. The Labute approximate surface area is 148 Å². The summed E-state index contributed by atoms with van der Waals surface area (Å²) in [5.41, 5.74) is 1.98. The molecule has 6 nitrogen and oxygen atoms in total. The van der Waals surface area contributed by atoms with Gasteiger partial charge in [0.05, 0.1) is 33.8 Å². The summed E-state index contributed by atoms with van der Waals surface area (Å²) in [6, 6.07) is 9.44. The highest BCUT2D eigenvalue weighted by molar-refractivity contribution is 7.93. The van der Waals surface area contributed by atoms with Gasteiger partial charge < -0.3 is 4.74 Å². The van der Waals surface area contributed by atoms with E-state index in [2.05, 4.69) is 9.71 Å². The lowest BCUT2D eigenvalue weighted by Gasteiger charge is -2.23. The number of pyridine rings is 1. The number of methoxy groups -OCH3 is 1. The first-order valence-electron chi connectivity index (χ1n) is 7.25. The lowest BCUT2D eigenvalue weighted by Crippen LogP contribution is -2.20. The van der Waals surface area contributed by atoms with Gasteiger partial charge in [-0.2, -0.15) is 0 Å². The van der Waals surface area contributed by atoms with Gasteiger partial charge in [0, 0.05) is 22.7 Å². The fraction of sp³-hybridized carbons (Fsp3) is 0.0588. The Kier molecular flexibility index (Phi) is 3.45. The summed E-state index contributed by atoms with van der Waals surface area (Å²) in [5, 5.41) is 1.08. The van der Waals surface area contributed by atoms with Gasteiger partial charge >= 0.3 is 5.97 Å². The number of fused-ring (bicyclic) bond motifs is 5. The highest BCUT2D eigenvalue weighted by Gasteiger charge is 2.30. The average Bonchev–Trinajstić information content (AvgIpc) is 2.62. The number of ether oxygens (including phenoxy) is 1. The van der Waals surface area contributed by atoms with Crippen LogP contribution >= 0.6 is 11.6 Å². The molecule has 4 rings (SSSR count). The molecule has 0 atom stereocenters. The Hall–Kier alpha value is -2.64. The van der Waals surface area contributed by atoms with Gasteiger partial charge in [-0.1, -0.05) is 11.6 Å². The maximum Gasteiger partial charge on any atom is 0.337 e. The molecular formula is C17H11ClN2O4S. The SMILES string of the molecule is COC(=O)c1ccc2c(c1)-c1cc(Cl)c3cccnc3c1NS2(=O)=O. The smallest absolute Gasteiger partial charge is 0.337 e. The predicted octanol–water partition coefficient (Wildman–Crippen LogP) is 3.46. The molecule has 25 heavy (non-hydrogen) atoms. The molecule has 0 amide bonds. The second kappa shape index (κ2) is 5.44. The summed E-state index contributed by atoms with van der Waals surface area (Å²) in [7, 11) is -2.53. The van der Waals surface area contributed by atoms with E-state index >= 15 is 0 Å². The van der Waals surface area contributed by atoms with Crippen molar-refractivity contribution in [2.45, 2.75) is 4.90 Å². The number of aromatic nitrogens is 1. The molecule has 1 aromatic heterocycles. The van der Waals surface area contributed by atoms with Crippen molar-refractivity contribution >= 4 is 44.2 Å². The zero-order valence-corrected chi connectivity index (χ0v) is 14.5. The predicted molar refractivity (Wildman–Crippen MR) is 94.3 cm³/mol. The van der Waals surface area contributed by atoms with E-state index in [-0.39, 0.29) is 10.5 Å². The van der Waals surface area contributed by atoms with E-state index in [9.17, 15) is 13.2 Å². The Bertz CT molecular complexity index is 1160. The van der Waals surface area contributed by atoms with Crippen LogP contribution in [0, 0.1) is 0 Å². The van der Waals surface area contributed by atoms with Crippen LogP contribution in [0.3, 0.4) is 0 Å². The largest absolute Gasteiger partial charge is 0.465 e. The molecule has 0 unspecified atom stereocenters. The van der Waals surface area contributed by atoms with Crippen molar-refractivity contribution in [3.05, 3.63) is 53.2 Å². The second-order valence-corrected chi connectivity index (χ2v) is 7.55. The maximum absolute atomic E-state index is 12.6. The molecular weight excluding hydrogens is 364 g/mol. The molecule has 0 spiro atoms. The van der Waals surface area contributed by atoms with Crippen LogP contribution in [0.5, 0.6) is 0 Å². The molecule has 8 heteroatoms. The molecule has 0 fully saturated rings. The lowest BCUT2D eigenvalue weighted by molar-refractivity contribution is 0.0600. The van der Waals surface area contributed by atoms with E-state index in [1.54, 1.807) is 24.4 Å². The molecule has 0 aliphatic carbocycles.